The second-order valence-electron chi connectivity index (χ2n) is 8.55. The first-order chi connectivity index (χ1) is 16.2. The maximum absolute atomic E-state index is 14.4. The topological polar surface area (TPSA) is 62.6 Å². The minimum atomic E-state index is -1.34. The Bertz CT molecular complexity index is 1280. The predicted molar refractivity (Wildman–Crippen MR) is 125 cm³/mol. The molecule has 1 fully saturated rings. The lowest BCUT2D eigenvalue weighted by molar-refractivity contribution is -0.143. The number of hydrogen-bond acceptors (Lipinski definition) is 3. The average Bonchev–Trinajstić information content (AvgIpc) is 3.37. The normalized spacial score (nSPS) is 17.9. The number of hydrogen-bond donors (Lipinski definition) is 0. The second kappa shape index (κ2) is 9.54. The van der Waals surface area contributed by atoms with E-state index in [4.69, 9.17) is 11.6 Å². The fourth-order valence-corrected chi connectivity index (χ4v) is 4.64. The van der Waals surface area contributed by atoms with Crippen LogP contribution in [0.1, 0.15) is 29.3 Å². The van der Waals surface area contributed by atoms with Gasteiger partial charge in [0.15, 0.2) is 5.78 Å². The number of para-hydroxylation sites is 1. The molecular formula is C25H24ClF2N3O3. The summed E-state index contributed by atoms with van der Waals surface area (Å²) < 4.78 is 30.3. The summed E-state index contributed by atoms with van der Waals surface area (Å²) in [6.07, 6.45) is 0.139. The highest BCUT2D eigenvalue weighted by Gasteiger charge is 2.41. The maximum Gasteiger partial charge on any atom is 0.245 e. The molecule has 0 bridgehead atoms. The molecule has 2 atom stereocenters. The highest BCUT2D eigenvalue weighted by atomic mass is 35.5. The minimum absolute atomic E-state index is 0.0521. The van der Waals surface area contributed by atoms with Crippen molar-refractivity contribution in [3.63, 3.8) is 0 Å². The summed E-state index contributed by atoms with van der Waals surface area (Å²) in [5.41, 5.74) is 1.42. The van der Waals surface area contributed by atoms with Gasteiger partial charge in [0.25, 0.3) is 0 Å². The molecule has 1 aliphatic rings. The summed E-state index contributed by atoms with van der Waals surface area (Å²) in [5.74, 6) is -1.66. The summed E-state index contributed by atoms with van der Waals surface area (Å²) >= 11 is 5.82. The summed E-state index contributed by atoms with van der Waals surface area (Å²) in [6.45, 7) is 1.05. The van der Waals surface area contributed by atoms with E-state index in [1.807, 2.05) is 6.07 Å². The van der Waals surface area contributed by atoms with Gasteiger partial charge in [-0.2, -0.15) is 0 Å². The van der Waals surface area contributed by atoms with Gasteiger partial charge >= 0.3 is 0 Å². The van der Waals surface area contributed by atoms with Crippen molar-refractivity contribution in [1.82, 2.24) is 14.4 Å². The van der Waals surface area contributed by atoms with Crippen molar-refractivity contribution in [3.05, 3.63) is 70.6 Å². The molecule has 2 aromatic carbocycles. The Hall–Kier alpha value is -3.26. The maximum atomic E-state index is 14.4. The highest BCUT2D eigenvalue weighted by Crippen LogP contribution is 2.26. The number of fused-ring (bicyclic) bond motifs is 1. The molecule has 4 rings (SSSR count). The molecule has 3 aromatic rings. The fraction of sp³-hybridized carbons (Fsp3) is 0.320. The zero-order chi connectivity index (χ0) is 24.6. The van der Waals surface area contributed by atoms with Gasteiger partial charge in [-0.15, -0.1) is 0 Å². The van der Waals surface area contributed by atoms with Crippen LogP contribution in [0.4, 0.5) is 8.78 Å². The zero-order valence-corrected chi connectivity index (χ0v) is 19.6. The molecule has 2 amide bonds. The molecule has 6 nitrogen and oxygen atoms in total. The monoisotopic (exact) mass is 487 g/mol. The average molecular weight is 488 g/mol. The molecule has 1 saturated heterocycles. The van der Waals surface area contributed by atoms with Crippen molar-refractivity contribution in [2.24, 2.45) is 0 Å². The van der Waals surface area contributed by atoms with Crippen LogP contribution in [0.2, 0.25) is 5.02 Å². The molecule has 178 valence electrons. The number of rotatable bonds is 6. The van der Waals surface area contributed by atoms with Crippen molar-refractivity contribution in [2.75, 3.05) is 13.6 Å². The first-order valence-electron chi connectivity index (χ1n) is 10.9. The van der Waals surface area contributed by atoms with Crippen LogP contribution in [0.25, 0.3) is 10.9 Å². The van der Waals surface area contributed by atoms with Crippen molar-refractivity contribution in [1.29, 1.82) is 0 Å². The van der Waals surface area contributed by atoms with E-state index in [2.05, 4.69) is 0 Å². The quantitative estimate of drug-likeness (QED) is 0.489. The van der Waals surface area contributed by atoms with Gasteiger partial charge in [-0.25, -0.2) is 8.78 Å². The Labute approximate surface area is 200 Å². The number of likely N-dealkylation sites (tertiary alicyclic amines) is 1. The van der Waals surface area contributed by atoms with Gasteiger partial charge < -0.3 is 14.4 Å². The number of aromatic nitrogens is 1. The summed E-state index contributed by atoms with van der Waals surface area (Å²) in [5, 5.41) is 0.673. The first-order valence-corrected chi connectivity index (χ1v) is 11.3. The van der Waals surface area contributed by atoms with Crippen molar-refractivity contribution in [3.8, 4) is 0 Å². The molecule has 0 spiro atoms. The number of likely N-dealkylation sites (N-methyl/N-ethyl adjacent to an activating group) is 1. The number of halogens is 3. The molecule has 1 aromatic heterocycles. The number of benzene rings is 2. The summed E-state index contributed by atoms with van der Waals surface area (Å²) in [4.78, 5) is 40.8. The van der Waals surface area contributed by atoms with Crippen LogP contribution in [0.15, 0.2) is 48.7 Å². The lowest BCUT2D eigenvalue weighted by Crippen LogP contribution is -2.47. The van der Waals surface area contributed by atoms with Crippen LogP contribution in [0.3, 0.4) is 0 Å². The Kier molecular flexibility index (Phi) is 6.70. The van der Waals surface area contributed by atoms with Gasteiger partial charge in [-0.1, -0.05) is 41.9 Å². The Morgan fingerprint density at radius 2 is 1.88 bits per heavy atom. The number of alkyl halides is 1. The minimum Gasteiger partial charge on any atom is -0.340 e. The van der Waals surface area contributed by atoms with E-state index in [-0.39, 0.29) is 42.4 Å². The lowest BCUT2D eigenvalue weighted by atomic mass is 10.1. The van der Waals surface area contributed by atoms with E-state index in [0.29, 0.717) is 11.1 Å². The van der Waals surface area contributed by atoms with E-state index in [9.17, 15) is 23.2 Å². The number of Topliss-reactive ketones (excluding diaryl/α,β-unsaturated/α-hetero) is 1. The molecule has 0 saturated carbocycles. The molecule has 2 heterocycles. The number of carbonyl (C=O) groups excluding carboxylic acids is 3. The largest absolute Gasteiger partial charge is 0.340 e. The molecule has 0 radical (unpaired) electrons. The molecule has 0 N–H and O–H groups in total. The molecule has 0 aliphatic carbocycles. The van der Waals surface area contributed by atoms with Crippen LogP contribution in [-0.4, -0.2) is 57.8 Å². The Morgan fingerprint density at radius 3 is 2.62 bits per heavy atom. The van der Waals surface area contributed by atoms with Gasteiger partial charge in [0, 0.05) is 48.2 Å². The summed E-state index contributed by atoms with van der Waals surface area (Å²) in [6, 6.07) is 10.7. The van der Waals surface area contributed by atoms with Gasteiger partial charge in [0.1, 0.15) is 24.6 Å². The third-order valence-electron chi connectivity index (χ3n) is 6.14. The molecule has 1 aliphatic heterocycles. The van der Waals surface area contributed by atoms with Crippen LogP contribution in [0.5, 0.6) is 0 Å². The van der Waals surface area contributed by atoms with Crippen LogP contribution >= 0.6 is 11.6 Å². The number of nitrogens with zero attached hydrogens (tertiary/aromatic N) is 3. The van der Waals surface area contributed by atoms with Gasteiger partial charge in [0.2, 0.25) is 11.8 Å². The molecule has 2 unspecified atom stereocenters. The van der Waals surface area contributed by atoms with E-state index in [0.717, 1.165) is 5.39 Å². The fourth-order valence-electron chi connectivity index (χ4n) is 4.45. The van der Waals surface area contributed by atoms with E-state index < -0.39 is 29.8 Å². The second-order valence-corrected chi connectivity index (χ2v) is 8.95. The number of ketones is 1. The van der Waals surface area contributed by atoms with Gasteiger partial charge in [0.05, 0.1) is 11.6 Å². The lowest BCUT2D eigenvalue weighted by Gasteiger charge is -2.28. The summed E-state index contributed by atoms with van der Waals surface area (Å²) in [7, 11) is 1.48. The SMILES string of the molecule is CC(=O)c1cn(CC(=O)N2CC(F)CC2C(=O)N(C)Cc2cccc(Cl)c2F)c2ccccc12. The van der Waals surface area contributed by atoms with Gasteiger partial charge in [-0.05, 0) is 19.1 Å². The highest BCUT2D eigenvalue weighted by molar-refractivity contribution is 6.30. The third-order valence-corrected chi connectivity index (χ3v) is 6.44. The van der Waals surface area contributed by atoms with Crippen LogP contribution in [0, 0.1) is 5.82 Å². The Balaban J connectivity index is 1.54. The van der Waals surface area contributed by atoms with E-state index >= 15 is 0 Å². The van der Waals surface area contributed by atoms with Crippen LogP contribution < -0.4 is 0 Å². The van der Waals surface area contributed by atoms with Gasteiger partial charge in [-0.3, -0.25) is 14.4 Å². The Morgan fingerprint density at radius 1 is 1.15 bits per heavy atom. The first kappa shape index (κ1) is 23.9. The molecule has 9 heteroatoms. The van der Waals surface area contributed by atoms with Crippen molar-refractivity contribution in [2.45, 2.75) is 38.6 Å². The van der Waals surface area contributed by atoms with Crippen molar-refractivity contribution >= 4 is 40.1 Å². The number of carbonyl (C=O) groups is 3. The molecule has 34 heavy (non-hydrogen) atoms. The third kappa shape index (κ3) is 4.55. The zero-order valence-electron chi connectivity index (χ0n) is 18.8. The van der Waals surface area contributed by atoms with E-state index in [1.54, 1.807) is 35.0 Å². The predicted octanol–water partition coefficient (Wildman–Crippen LogP) is 4.23. The standard InChI is InChI=1S/C25H24ClF2N3O3/c1-15(32)19-13-30(21-9-4-3-7-18(19)21)14-23(33)31-12-17(27)10-22(31)25(34)29(2)11-16-6-5-8-20(26)24(16)28/h3-9,13,17,22H,10-12,14H2,1-2H3. The van der Waals surface area contributed by atoms with Crippen molar-refractivity contribution < 1.29 is 23.2 Å². The number of amides is 2. The van der Waals surface area contributed by atoms with E-state index in [1.165, 1.54) is 35.9 Å². The molecular weight excluding hydrogens is 464 g/mol. The smallest absolute Gasteiger partial charge is 0.245 e. The van der Waals surface area contributed by atoms with Crippen LogP contribution in [-0.2, 0) is 22.7 Å².